The average molecular weight is 307 g/mol. The first-order valence-corrected chi connectivity index (χ1v) is 8.18. The standard InChI is InChI=1S/C19H21N3O/c23-19(16-10-5-2-6-11-16)22-21-18(15-8-3-1-4-9-15)17-12-7-13-20-14-17/h1,3-4,7-9,12-14,16H,2,5-6,10-11H2,(H,22,23). The molecule has 23 heavy (non-hydrogen) atoms. The van der Waals surface area contributed by atoms with Gasteiger partial charge in [0.05, 0.1) is 5.71 Å². The van der Waals surface area contributed by atoms with Gasteiger partial charge >= 0.3 is 0 Å². The molecule has 1 saturated carbocycles. The number of nitrogens with one attached hydrogen (secondary N) is 1. The molecule has 0 saturated heterocycles. The summed E-state index contributed by atoms with van der Waals surface area (Å²) in [6.45, 7) is 0. The van der Waals surface area contributed by atoms with E-state index in [-0.39, 0.29) is 11.8 Å². The monoisotopic (exact) mass is 307 g/mol. The Kier molecular flexibility index (Phi) is 5.14. The van der Waals surface area contributed by atoms with Crippen LogP contribution in [-0.4, -0.2) is 16.6 Å². The quantitative estimate of drug-likeness (QED) is 0.694. The van der Waals surface area contributed by atoms with Crippen LogP contribution in [0.3, 0.4) is 0 Å². The lowest BCUT2D eigenvalue weighted by Crippen LogP contribution is -2.29. The van der Waals surface area contributed by atoms with Gasteiger partial charge in [-0.2, -0.15) is 5.10 Å². The van der Waals surface area contributed by atoms with Gasteiger partial charge < -0.3 is 0 Å². The highest BCUT2D eigenvalue weighted by Gasteiger charge is 2.21. The number of benzene rings is 1. The summed E-state index contributed by atoms with van der Waals surface area (Å²) in [7, 11) is 0. The Labute approximate surface area is 136 Å². The topological polar surface area (TPSA) is 54.4 Å². The zero-order valence-corrected chi connectivity index (χ0v) is 13.1. The SMILES string of the molecule is O=C(NN=C(c1ccccc1)c1cccnc1)C1CCCCC1. The van der Waals surface area contributed by atoms with E-state index in [1.807, 2.05) is 42.5 Å². The molecule has 1 amide bonds. The van der Waals surface area contributed by atoms with E-state index in [0.29, 0.717) is 0 Å². The maximum atomic E-state index is 12.3. The molecule has 118 valence electrons. The summed E-state index contributed by atoms with van der Waals surface area (Å²) >= 11 is 0. The largest absolute Gasteiger partial charge is 0.273 e. The van der Waals surface area contributed by atoms with E-state index in [0.717, 1.165) is 42.5 Å². The van der Waals surface area contributed by atoms with Crippen molar-refractivity contribution < 1.29 is 4.79 Å². The summed E-state index contributed by atoms with van der Waals surface area (Å²) in [6, 6.07) is 13.7. The van der Waals surface area contributed by atoms with Crippen LogP contribution in [0, 0.1) is 5.92 Å². The Morgan fingerprint density at radius 2 is 1.74 bits per heavy atom. The van der Waals surface area contributed by atoms with Crippen LogP contribution >= 0.6 is 0 Å². The van der Waals surface area contributed by atoms with E-state index in [1.54, 1.807) is 12.4 Å². The van der Waals surface area contributed by atoms with Crippen LogP contribution < -0.4 is 5.43 Å². The lowest BCUT2D eigenvalue weighted by Gasteiger charge is -2.19. The molecule has 0 unspecified atom stereocenters. The average Bonchev–Trinajstić information content (AvgIpc) is 2.64. The Morgan fingerprint density at radius 1 is 1.00 bits per heavy atom. The molecule has 4 nitrogen and oxygen atoms in total. The predicted molar refractivity (Wildman–Crippen MR) is 91.0 cm³/mol. The molecule has 1 aliphatic rings. The number of hydrogen-bond donors (Lipinski definition) is 1. The zero-order valence-electron chi connectivity index (χ0n) is 13.1. The first-order chi connectivity index (χ1) is 11.3. The molecule has 0 spiro atoms. The Morgan fingerprint density at radius 3 is 2.43 bits per heavy atom. The molecule has 1 aromatic heterocycles. The first-order valence-electron chi connectivity index (χ1n) is 8.18. The molecule has 1 heterocycles. The molecular formula is C19H21N3O. The van der Waals surface area contributed by atoms with Crippen molar-refractivity contribution in [3.63, 3.8) is 0 Å². The third kappa shape index (κ3) is 4.03. The van der Waals surface area contributed by atoms with Crippen LogP contribution in [0.1, 0.15) is 43.2 Å². The number of hydrogen-bond acceptors (Lipinski definition) is 3. The highest BCUT2D eigenvalue weighted by Crippen LogP contribution is 2.23. The highest BCUT2D eigenvalue weighted by atomic mass is 16.2. The Balaban J connectivity index is 1.82. The second-order valence-corrected chi connectivity index (χ2v) is 5.88. The van der Waals surface area contributed by atoms with E-state index in [9.17, 15) is 4.79 Å². The summed E-state index contributed by atoms with van der Waals surface area (Å²) in [5.74, 6) is 0.125. The number of amides is 1. The van der Waals surface area contributed by atoms with Crippen LogP contribution in [0.4, 0.5) is 0 Å². The van der Waals surface area contributed by atoms with Crippen LogP contribution in [-0.2, 0) is 4.79 Å². The maximum Gasteiger partial charge on any atom is 0.243 e. The second-order valence-electron chi connectivity index (χ2n) is 5.88. The molecule has 1 aliphatic carbocycles. The van der Waals surface area contributed by atoms with E-state index in [1.165, 1.54) is 6.42 Å². The Hall–Kier alpha value is -2.49. The predicted octanol–water partition coefficient (Wildman–Crippen LogP) is 3.53. The normalized spacial score (nSPS) is 16.1. The minimum Gasteiger partial charge on any atom is -0.273 e. The summed E-state index contributed by atoms with van der Waals surface area (Å²) in [4.78, 5) is 16.5. The van der Waals surface area contributed by atoms with E-state index in [4.69, 9.17) is 0 Å². The van der Waals surface area contributed by atoms with Gasteiger partial charge in [-0.05, 0) is 25.0 Å². The van der Waals surface area contributed by atoms with Gasteiger partial charge in [-0.1, -0.05) is 49.6 Å². The molecule has 0 atom stereocenters. The molecule has 1 aromatic carbocycles. The number of pyridine rings is 1. The third-order valence-corrected chi connectivity index (χ3v) is 4.24. The van der Waals surface area contributed by atoms with Gasteiger partial charge in [0.25, 0.3) is 0 Å². The minimum atomic E-state index is 0.0296. The fourth-order valence-corrected chi connectivity index (χ4v) is 2.96. The van der Waals surface area contributed by atoms with E-state index in [2.05, 4.69) is 15.5 Å². The van der Waals surface area contributed by atoms with Gasteiger partial charge in [0, 0.05) is 29.4 Å². The highest BCUT2D eigenvalue weighted by molar-refractivity contribution is 6.12. The third-order valence-electron chi connectivity index (χ3n) is 4.24. The van der Waals surface area contributed by atoms with Crippen molar-refractivity contribution in [3.8, 4) is 0 Å². The van der Waals surface area contributed by atoms with Crippen molar-refractivity contribution in [2.75, 3.05) is 0 Å². The van der Waals surface area contributed by atoms with E-state index >= 15 is 0 Å². The van der Waals surface area contributed by atoms with Gasteiger partial charge in [-0.25, -0.2) is 5.43 Å². The Bertz CT molecular complexity index is 620. The minimum absolute atomic E-state index is 0.0296. The van der Waals surface area contributed by atoms with Crippen molar-refractivity contribution >= 4 is 11.6 Å². The van der Waals surface area contributed by atoms with Crippen LogP contribution in [0.2, 0.25) is 0 Å². The summed E-state index contributed by atoms with van der Waals surface area (Å²) in [6.07, 6.45) is 8.93. The van der Waals surface area contributed by atoms with Crippen LogP contribution in [0.15, 0.2) is 60.0 Å². The van der Waals surface area contributed by atoms with Gasteiger partial charge in [0.2, 0.25) is 5.91 Å². The number of rotatable bonds is 4. The van der Waals surface area contributed by atoms with Gasteiger partial charge in [-0.15, -0.1) is 0 Å². The van der Waals surface area contributed by atoms with Crippen LogP contribution in [0.5, 0.6) is 0 Å². The molecular weight excluding hydrogens is 286 g/mol. The van der Waals surface area contributed by atoms with Crippen molar-refractivity contribution in [1.82, 2.24) is 10.4 Å². The summed E-state index contributed by atoms with van der Waals surface area (Å²) < 4.78 is 0. The van der Waals surface area contributed by atoms with Crippen molar-refractivity contribution in [2.45, 2.75) is 32.1 Å². The molecule has 1 N–H and O–H groups in total. The van der Waals surface area contributed by atoms with Crippen molar-refractivity contribution in [2.24, 2.45) is 11.0 Å². The number of carbonyl (C=O) groups is 1. The van der Waals surface area contributed by atoms with Gasteiger partial charge in [-0.3, -0.25) is 9.78 Å². The summed E-state index contributed by atoms with van der Waals surface area (Å²) in [5.41, 5.74) is 5.36. The number of nitrogens with zero attached hydrogens (tertiary/aromatic N) is 2. The zero-order chi connectivity index (χ0) is 15.9. The lowest BCUT2D eigenvalue weighted by molar-refractivity contribution is -0.125. The number of hydrazone groups is 1. The molecule has 1 fully saturated rings. The molecule has 0 aliphatic heterocycles. The fraction of sp³-hybridized carbons (Fsp3) is 0.316. The second kappa shape index (κ2) is 7.68. The molecule has 2 aromatic rings. The number of carbonyl (C=O) groups excluding carboxylic acids is 1. The lowest BCUT2D eigenvalue weighted by atomic mass is 9.89. The fourth-order valence-electron chi connectivity index (χ4n) is 2.96. The van der Waals surface area contributed by atoms with Crippen LogP contribution in [0.25, 0.3) is 0 Å². The summed E-state index contributed by atoms with van der Waals surface area (Å²) in [5, 5.41) is 4.42. The van der Waals surface area contributed by atoms with Gasteiger partial charge in [0.1, 0.15) is 0 Å². The molecule has 4 heteroatoms. The van der Waals surface area contributed by atoms with E-state index < -0.39 is 0 Å². The number of aromatic nitrogens is 1. The maximum absolute atomic E-state index is 12.3. The first kappa shape index (κ1) is 15.4. The molecule has 0 bridgehead atoms. The smallest absolute Gasteiger partial charge is 0.243 e. The van der Waals surface area contributed by atoms with Crippen molar-refractivity contribution in [3.05, 3.63) is 66.0 Å². The molecule has 3 rings (SSSR count). The van der Waals surface area contributed by atoms with Crippen molar-refractivity contribution in [1.29, 1.82) is 0 Å². The molecule has 0 radical (unpaired) electrons. The van der Waals surface area contributed by atoms with Gasteiger partial charge in [0.15, 0.2) is 0 Å².